The lowest BCUT2D eigenvalue weighted by atomic mass is 10.1. The van der Waals surface area contributed by atoms with E-state index in [9.17, 15) is 9.59 Å². The van der Waals surface area contributed by atoms with Crippen molar-refractivity contribution in [2.24, 2.45) is 0 Å². The van der Waals surface area contributed by atoms with Gasteiger partial charge < -0.3 is 15.5 Å². The molecule has 130 valence electrons. The van der Waals surface area contributed by atoms with Gasteiger partial charge in [-0.1, -0.05) is 35.9 Å². The number of anilines is 2. The molecule has 0 unspecified atom stereocenters. The maximum absolute atomic E-state index is 12.6. The van der Waals surface area contributed by atoms with Crippen molar-refractivity contribution in [1.82, 2.24) is 4.90 Å². The average Bonchev–Trinajstić information content (AvgIpc) is 3.09. The summed E-state index contributed by atoms with van der Waals surface area (Å²) in [7, 11) is 0. The zero-order valence-corrected chi connectivity index (χ0v) is 14.6. The fourth-order valence-corrected chi connectivity index (χ4v) is 3.04. The van der Waals surface area contributed by atoms with E-state index in [4.69, 9.17) is 0 Å². The molecule has 2 N–H and O–H groups in total. The molecule has 1 fully saturated rings. The van der Waals surface area contributed by atoms with Crippen LogP contribution in [-0.2, 0) is 4.79 Å². The van der Waals surface area contributed by atoms with Crippen LogP contribution in [0.2, 0.25) is 0 Å². The number of rotatable bonds is 3. The first kappa shape index (κ1) is 17.0. The van der Waals surface area contributed by atoms with Crippen LogP contribution in [0.5, 0.6) is 0 Å². The number of urea groups is 1. The van der Waals surface area contributed by atoms with E-state index in [1.807, 2.05) is 62.4 Å². The zero-order chi connectivity index (χ0) is 17.8. The van der Waals surface area contributed by atoms with Crippen molar-refractivity contribution >= 4 is 23.3 Å². The summed E-state index contributed by atoms with van der Waals surface area (Å²) in [5.41, 5.74) is 3.66. The van der Waals surface area contributed by atoms with Gasteiger partial charge in [0.2, 0.25) is 5.91 Å². The lowest BCUT2D eigenvalue weighted by Gasteiger charge is -2.24. The van der Waals surface area contributed by atoms with Crippen LogP contribution in [0.3, 0.4) is 0 Å². The Morgan fingerprint density at radius 1 is 1.00 bits per heavy atom. The second-order valence-corrected chi connectivity index (χ2v) is 6.45. The summed E-state index contributed by atoms with van der Waals surface area (Å²) < 4.78 is 0. The van der Waals surface area contributed by atoms with Gasteiger partial charge in [-0.25, -0.2) is 4.79 Å². The standard InChI is InChI=1S/C20H23N3O2/c1-14-9-11-16(12-10-14)21-20(25)23-13-5-8-18(23)19(24)22-17-7-4-3-6-15(17)2/h3-4,6-7,9-12,18H,5,8,13H2,1-2H3,(H,21,25)(H,22,24)/t18-/m0/s1. The van der Waals surface area contributed by atoms with Gasteiger partial charge in [0, 0.05) is 17.9 Å². The molecule has 5 nitrogen and oxygen atoms in total. The number of amides is 3. The highest BCUT2D eigenvalue weighted by atomic mass is 16.2. The van der Waals surface area contributed by atoms with Crippen LogP contribution in [0.1, 0.15) is 24.0 Å². The van der Waals surface area contributed by atoms with E-state index in [1.165, 1.54) is 0 Å². The Morgan fingerprint density at radius 2 is 1.72 bits per heavy atom. The van der Waals surface area contributed by atoms with Crippen molar-refractivity contribution in [3.05, 3.63) is 59.7 Å². The number of hydrogen-bond donors (Lipinski definition) is 2. The van der Waals surface area contributed by atoms with Crippen molar-refractivity contribution in [3.8, 4) is 0 Å². The van der Waals surface area contributed by atoms with Gasteiger partial charge in [0.05, 0.1) is 0 Å². The summed E-state index contributed by atoms with van der Waals surface area (Å²) in [6.07, 6.45) is 1.51. The SMILES string of the molecule is Cc1ccc(NC(=O)N2CCC[C@H]2C(=O)Nc2ccccc2C)cc1. The first-order valence-electron chi connectivity index (χ1n) is 8.55. The fourth-order valence-electron chi connectivity index (χ4n) is 3.04. The third-order valence-electron chi connectivity index (χ3n) is 4.52. The van der Waals surface area contributed by atoms with Crippen molar-refractivity contribution in [2.75, 3.05) is 17.2 Å². The molecule has 1 heterocycles. The summed E-state index contributed by atoms with van der Waals surface area (Å²) in [4.78, 5) is 26.8. The van der Waals surface area contributed by atoms with Crippen LogP contribution in [0, 0.1) is 13.8 Å². The summed E-state index contributed by atoms with van der Waals surface area (Å²) in [5.74, 6) is -0.133. The normalized spacial score (nSPS) is 16.6. The van der Waals surface area contributed by atoms with Crippen LogP contribution in [0.25, 0.3) is 0 Å². The predicted octanol–water partition coefficient (Wildman–Crippen LogP) is 3.94. The molecule has 25 heavy (non-hydrogen) atoms. The third-order valence-corrected chi connectivity index (χ3v) is 4.52. The number of hydrogen-bond acceptors (Lipinski definition) is 2. The average molecular weight is 337 g/mol. The predicted molar refractivity (Wildman–Crippen MR) is 99.7 cm³/mol. The minimum absolute atomic E-state index is 0.133. The number of carbonyl (C=O) groups is 2. The summed E-state index contributed by atoms with van der Waals surface area (Å²) in [6.45, 7) is 4.54. The number of benzene rings is 2. The molecule has 0 spiro atoms. The molecular formula is C20H23N3O2. The summed E-state index contributed by atoms with van der Waals surface area (Å²) in [6, 6.07) is 14.6. The number of carbonyl (C=O) groups excluding carboxylic acids is 2. The Kier molecular flexibility index (Phi) is 5.03. The van der Waals surface area contributed by atoms with Crippen molar-refractivity contribution < 1.29 is 9.59 Å². The van der Waals surface area contributed by atoms with Gasteiger partial charge in [0.1, 0.15) is 6.04 Å². The molecule has 3 amide bonds. The number of nitrogens with zero attached hydrogens (tertiary/aromatic N) is 1. The Hall–Kier alpha value is -2.82. The molecule has 0 saturated carbocycles. The van der Waals surface area contributed by atoms with E-state index in [0.29, 0.717) is 13.0 Å². The first-order chi connectivity index (χ1) is 12.0. The summed E-state index contributed by atoms with van der Waals surface area (Å²) >= 11 is 0. The fraction of sp³-hybridized carbons (Fsp3) is 0.300. The zero-order valence-electron chi connectivity index (χ0n) is 14.6. The largest absolute Gasteiger partial charge is 0.324 e. The Bertz CT molecular complexity index is 771. The minimum Gasteiger partial charge on any atom is -0.324 e. The highest BCUT2D eigenvalue weighted by molar-refractivity contribution is 5.99. The van der Waals surface area contributed by atoms with E-state index < -0.39 is 6.04 Å². The molecule has 0 aromatic heterocycles. The van der Waals surface area contributed by atoms with Crippen LogP contribution < -0.4 is 10.6 Å². The van der Waals surface area contributed by atoms with E-state index >= 15 is 0 Å². The number of para-hydroxylation sites is 1. The Balaban J connectivity index is 1.67. The molecule has 0 aliphatic carbocycles. The van der Waals surface area contributed by atoms with Gasteiger partial charge in [-0.3, -0.25) is 4.79 Å². The van der Waals surface area contributed by atoms with Crippen molar-refractivity contribution in [3.63, 3.8) is 0 Å². The minimum atomic E-state index is -0.440. The molecule has 3 rings (SSSR count). The topological polar surface area (TPSA) is 61.4 Å². The smallest absolute Gasteiger partial charge is 0.322 e. The molecule has 1 aliphatic heterocycles. The Labute approximate surface area is 148 Å². The number of likely N-dealkylation sites (tertiary alicyclic amines) is 1. The lowest BCUT2D eigenvalue weighted by molar-refractivity contribution is -0.119. The highest BCUT2D eigenvalue weighted by Crippen LogP contribution is 2.22. The second kappa shape index (κ2) is 7.38. The van der Waals surface area contributed by atoms with E-state index in [1.54, 1.807) is 4.90 Å². The Morgan fingerprint density at radius 3 is 2.44 bits per heavy atom. The molecule has 5 heteroatoms. The second-order valence-electron chi connectivity index (χ2n) is 6.45. The van der Waals surface area contributed by atoms with E-state index in [0.717, 1.165) is 28.9 Å². The third kappa shape index (κ3) is 3.99. The van der Waals surface area contributed by atoms with E-state index in [2.05, 4.69) is 10.6 Å². The molecule has 2 aromatic rings. The number of aryl methyl sites for hydroxylation is 2. The first-order valence-corrected chi connectivity index (χ1v) is 8.55. The molecule has 1 atom stereocenters. The van der Waals surface area contributed by atoms with Gasteiger partial charge >= 0.3 is 6.03 Å². The molecular weight excluding hydrogens is 314 g/mol. The molecule has 1 aliphatic rings. The van der Waals surface area contributed by atoms with Crippen LogP contribution in [0.15, 0.2) is 48.5 Å². The van der Waals surface area contributed by atoms with Crippen molar-refractivity contribution in [2.45, 2.75) is 32.7 Å². The monoisotopic (exact) mass is 337 g/mol. The highest BCUT2D eigenvalue weighted by Gasteiger charge is 2.34. The van der Waals surface area contributed by atoms with Gasteiger partial charge in [0.15, 0.2) is 0 Å². The van der Waals surface area contributed by atoms with Crippen LogP contribution in [0.4, 0.5) is 16.2 Å². The molecule has 2 aromatic carbocycles. The van der Waals surface area contributed by atoms with Gasteiger partial charge in [-0.05, 0) is 50.5 Å². The van der Waals surface area contributed by atoms with Crippen LogP contribution >= 0.6 is 0 Å². The van der Waals surface area contributed by atoms with Gasteiger partial charge in [0.25, 0.3) is 0 Å². The molecule has 0 bridgehead atoms. The van der Waals surface area contributed by atoms with Crippen LogP contribution in [-0.4, -0.2) is 29.4 Å². The maximum atomic E-state index is 12.6. The maximum Gasteiger partial charge on any atom is 0.322 e. The molecule has 0 radical (unpaired) electrons. The summed E-state index contributed by atoms with van der Waals surface area (Å²) in [5, 5.41) is 5.83. The van der Waals surface area contributed by atoms with Gasteiger partial charge in [-0.15, -0.1) is 0 Å². The van der Waals surface area contributed by atoms with E-state index in [-0.39, 0.29) is 11.9 Å². The van der Waals surface area contributed by atoms with Crippen molar-refractivity contribution in [1.29, 1.82) is 0 Å². The molecule has 1 saturated heterocycles. The number of nitrogens with one attached hydrogen (secondary N) is 2. The van der Waals surface area contributed by atoms with Gasteiger partial charge in [-0.2, -0.15) is 0 Å². The lowest BCUT2D eigenvalue weighted by Crippen LogP contribution is -2.45. The quantitative estimate of drug-likeness (QED) is 0.891.